The largest absolute Gasteiger partial charge is 0.456 e. The molecule has 55 heavy (non-hydrogen) atoms. The molecule has 2 aromatic heterocycles. The number of para-hydroxylation sites is 1. The Hall–Kier alpha value is -7.36. The van der Waals surface area contributed by atoms with E-state index in [4.69, 9.17) is 11.6 Å². The van der Waals surface area contributed by atoms with E-state index in [1.165, 1.54) is 0 Å². The summed E-state index contributed by atoms with van der Waals surface area (Å²) in [6.45, 7) is 0. The molecule has 9 aromatic carbocycles. The molecule has 0 N–H and O–H groups in total. The average Bonchev–Trinajstić information content (AvgIpc) is 3.91. The zero-order valence-corrected chi connectivity index (χ0v) is 29.2. The van der Waals surface area contributed by atoms with Gasteiger partial charge in [-0.3, -0.25) is 0 Å². The first-order valence-electron chi connectivity index (χ1n) is 22.0. The van der Waals surface area contributed by atoms with Gasteiger partial charge in [0.05, 0.1) is 22.0 Å². The molecule has 3 heteroatoms. The Kier molecular flexibility index (Phi) is 5.53. The van der Waals surface area contributed by atoms with Gasteiger partial charge in [-0.2, -0.15) is 0 Å². The fraction of sp³-hybridized carbons (Fsp3) is 0. The molecule has 11 aromatic rings. The predicted octanol–water partition coefficient (Wildman–Crippen LogP) is 15.1. The fourth-order valence-corrected chi connectivity index (χ4v) is 7.67. The lowest BCUT2D eigenvalue weighted by atomic mass is 9.93. The van der Waals surface area contributed by atoms with Gasteiger partial charge in [-0.1, -0.05) is 139 Å². The van der Waals surface area contributed by atoms with Crippen molar-refractivity contribution in [1.29, 1.82) is 0 Å². The van der Waals surface area contributed by atoms with Crippen LogP contribution in [0, 0.1) is 0 Å². The van der Waals surface area contributed by atoms with Crippen LogP contribution in [0.1, 0.15) is 11.0 Å². The van der Waals surface area contributed by atoms with E-state index in [0.717, 1.165) is 33.0 Å². The molecule has 258 valence electrons. The Balaban J connectivity index is 1.28. The predicted molar refractivity (Wildman–Crippen MR) is 229 cm³/mol. The number of fused-ring (bicyclic) bond motifs is 8. The van der Waals surface area contributed by atoms with Gasteiger partial charge in [-0.05, 0) is 93.3 Å². The number of nitrogens with zero attached hydrogens (tertiary/aromatic N) is 1. The van der Waals surface area contributed by atoms with E-state index in [9.17, 15) is 8.22 Å². The third kappa shape index (κ3) is 5.20. The van der Waals surface area contributed by atoms with Crippen LogP contribution in [0.3, 0.4) is 0 Å². The summed E-state index contributed by atoms with van der Waals surface area (Å²) < 4.78 is 87.3. The van der Waals surface area contributed by atoms with Crippen molar-refractivity contribution in [2.24, 2.45) is 0 Å². The van der Waals surface area contributed by atoms with Crippen LogP contribution in [-0.2, 0) is 0 Å². The first-order chi connectivity index (χ1) is 30.6. The van der Waals surface area contributed by atoms with E-state index in [1.54, 1.807) is 0 Å². The first kappa shape index (κ1) is 24.1. The Morgan fingerprint density at radius 2 is 1.05 bits per heavy atom. The van der Waals surface area contributed by atoms with E-state index in [0.29, 0.717) is 28.1 Å². The van der Waals surface area contributed by atoms with Crippen LogP contribution in [0.25, 0.3) is 88.0 Å². The molecule has 0 aliphatic carbocycles. The highest BCUT2D eigenvalue weighted by Crippen LogP contribution is 2.47. The van der Waals surface area contributed by atoms with Gasteiger partial charge in [-0.15, -0.1) is 0 Å². The zero-order valence-electron chi connectivity index (χ0n) is 37.2. The smallest absolute Gasteiger partial charge is 0.143 e. The third-order valence-corrected chi connectivity index (χ3v) is 10.3. The van der Waals surface area contributed by atoms with Gasteiger partial charge in [0, 0.05) is 39.0 Å². The first-order valence-corrected chi connectivity index (χ1v) is 18.0. The standard InChI is InChI=1S/C52H33NO2/c1-3-13-34(14-4-1)36-25-27-39(28-26-36)53(40-29-30-43-42-20-9-10-23-48(42)54-50(43)32-40)47-22-12-24-49-51(47)46-33-45(41-19-7-8-21-44(41)52(46)55-49)38-18-11-17-37(31-38)35-15-5-2-6-16-35/h1-33H/i7D,8D,12D,19D,21D,22D,24D,33D. The van der Waals surface area contributed by atoms with E-state index >= 15 is 0 Å². The van der Waals surface area contributed by atoms with Gasteiger partial charge >= 0.3 is 0 Å². The highest BCUT2D eigenvalue weighted by molar-refractivity contribution is 6.22. The van der Waals surface area contributed by atoms with Crippen molar-refractivity contribution in [3.05, 3.63) is 200 Å². The Morgan fingerprint density at radius 3 is 1.87 bits per heavy atom. The SMILES string of the molecule is [2H]c1c([2H])c(N(c2ccc(-c3ccccc3)cc2)c2ccc3c(c2)oc2ccccc23)c2c(oc3c4c([2H])c([2H])c([2H])c([2H])c4c(-c4cccc(-c5ccccc5)c4)c([2H])c32)c1[2H]. The van der Waals surface area contributed by atoms with Gasteiger partial charge in [0.25, 0.3) is 0 Å². The number of anilines is 3. The lowest BCUT2D eigenvalue weighted by Gasteiger charge is -2.26. The molecule has 0 aliphatic rings. The third-order valence-electron chi connectivity index (χ3n) is 10.3. The van der Waals surface area contributed by atoms with Gasteiger partial charge in [0.2, 0.25) is 0 Å². The molecule has 0 spiro atoms. The highest BCUT2D eigenvalue weighted by Gasteiger charge is 2.23. The van der Waals surface area contributed by atoms with Gasteiger partial charge in [0.1, 0.15) is 22.3 Å². The summed E-state index contributed by atoms with van der Waals surface area (Å²) in [4.78, 5) is 1.82. The summed E-state index contributed by atoms with van der Waals surface area (Å²) in [5.74, 6) is 0. The van der Waals surface area contributed by atoms with Crippen molar-refractivity contribution in [3.63, 3.8) is 0 Å². The van der Waals surface area contributed by atoms with Crippen molar-refractivity contribution in [2.45, 2.75) is 0 Å². The summed E-state index contributed by atoms with van der Waals surface area (Å²) in [6.07, 6.45) is 0. The Labute approximate surface area is 329 Å². The molecule has 0 bridgehead atoms. The van der Waals surface area contributed by atoms with E-state index < -0.39 is 18.1 Å². The van der Waals surface area contributed by atoms with E-state index in [-0.39, 0.29) is 74.2 Å². The van der Waals surface area contributed by atoms with Crippen molar-refractivity contribution < 1.29 is 19.8 Å². The van der Waals surface area contributed by atoms with E-state index in [2.05, 4.69) is 0 Å². The molecular formula is C52H33NO2. The maximum absolute atomic E-state index is 10.1. The van der Waals surface area contributed by atoms with Crippen LogP contribution in [0.15, 0.2) is 209 Å². The van der Waals surface area contributed by atoms with Crippen LogP contribution in [0.5, 0.6) is 0 Å². The quantitative estimate of drug-likeness (QED) is 0.172. The number of rotatable bonds is 6. The molecule has 0 fully saturated rings. The molecular weight excluding hydrogens is 671 g/mol. The van der Waals surface area contributed by atoms with Crippen LogP contribution >= 0.6 is 0 Å². The van der Waals surface area contributed by atoms with Crippen LogP contribution in [0.2, 0.25) is 0 Å². The summed E-state index contributed by atoms with van der Waals surface area (Å²) in [7, 11) is 0. The second-order valence-corrected chi connectivity index (χ2v) is 13.5. The van der Waals surface area contributed by atoms with Gasteiger partial charge in [0.15, 0.2) is 0 Å². The minimum absolute atomic E-state index is 0.0353. The topological polar surface area (TPSA) is 29.5 Å². The molecule has 0 radical (unpaired) electrons. The second-order valence-electron chi connectivity index (χ2n) is 13.5. The van der Waals surface area contributed by atoms with Crippen molar-refractivity contribution >= 4 is 71.7 Å². The minimum Gasteiger partial charge on any atom is -0.456 e. The number of hydrogen-bond donors (Lipinski definition) is 0. The Bertz CT molecular complexity index is 3660. The number of furan rings is 2. The lowest BCUT2D eigenvalue weighted by Crippen LogP contribution is -2.10. The molecule has 0 saturated carbocycles. The summed E-state index contributed by atoms with van der Waals surface area (Å²) in [6, 6.07) is 45.6. The summed E-state index contributed by atoms with van der Waals surface area (Å²) in [5, 5.41) is 2.29. The fourth-order valence-electron chi connectivity index (χ4n) is 7.67. The maximum atomic E-state index is 10.1. The van der Waals surface area contributed by atoms with Gasteiger partial charge in [-0.25, -0.2) is 0 Å². The summed E-state index contributed by atoms with van der Waals surface area (Å²) in [5.41, 5.74) is 7.01. The van der Waals surface area contributed by atoms with Gasteiger partial charge < -0.3 is 13.7 Å². The molecule has 0 amide bonds. The van der Waals surface area contributed by atoms with E-state index in [1.807, 2.05) is 157 Å². The van der Waals surface area contributed by atoms with Crippen LogP contribution in [-0.4, -0.2) is 0 Å². The van der Waals surface area contributed by atoms with Crippen LogP contribution < -0.4 is 4.90 Å². The normalized spacial score (nSPS) is 13.7. The maximum Gasteiger partial charge on any atom is 0.143 e. The second kappa shape index (κ2) is 12.6. The Morgan fingerprint density at radius 1 is 0.400 bits per heavy atom. The van der Waals surface area contributed by atoms with Crippen molar-refractivity contribution in [1.82, 2.24) is 0 Å². The average molecular weight is 712 g/mol. The molecule has 0 unspecified atom stereocenters. The lowest BCUT2D eigenvalue weighted by molar-refractivity contribution is 0.669. The molecule has 0 saturated heterocycles. The zero-order chi connectivity index (χ0) is 43.3. The number of benzene rings is 9. The van der Waals surface area contributed by atoms with Crippen molar-refractivity contribution in [2.75, 3.05) is 4.90 Å². The molecule has 2 heterocycles. The molecule has 0 aliphatic heterocycles. The highest BCUT2D eigenvalue weighted by atomic mass is 16.3. The van der Waals surface area contributed by atoms with Crippen molar-refractivity contribution in [3.8, 4) is 33.4 Å². The number of hydrogen-bond acceptors (Lipinski definition) is 3. The molecule has 11 rings (SSSR count). The monoisotopic (exact) mass is 711 g/mol. The minimum atomic E-state index is -0.482. The molecule has 0 atom stereocenters. The van der Waals surface area contributed by atoms with Crippen LogP contribution in [0.4, 0.5) is 17.1 Å². The molecule has 3 nitrogen and oxygen atoms in total. The summed E-state index contributed by atoms with van der Waals surface area (Å²) >= 11 is 0.